The number of nitrogens with zero attached hydrogens (tertiary/aromatic N) is 7. The van der Waals surface area contributed by atoms with Crippen LogP contribution in [-0.4, -0.2) is 97.2 Å². The summed E-state index contributed by atoms with van der Waals surface area (Å²) in [6.45, 7) is 1.84. The summed E-state index contributed by atoms with van der Waals surface area (Å²) >= 11 is 0. The zero-order valence-corrected chi connectivity index (χ0v) is 27.6. The lowest BCUT2D eigenvalue weighted by molar-refractivity contribution is -0.138. The van der Waals surface area contributed by atoms with Gasteiger partial charge in [0.25, 0.3) is 5.91 Å². The van der Waals surface area contributed by atoms with Gasteiger partial charge in [0, 0.05) is 80.0 Å². The Kier molecular flexibility index (Phi) is 8.37. The summed E-state index contributed by atoms with van der Waals surface area (Å²) in [5.74, 6) is 1.07. The molecule has 2 N–H and O–H groups in total. The molecule has 1 saturated heterocycles. The van der Waals surface area contributed by atoms with Crippen LogP contribution in [0.4, 0.5) is 10.1 Å². The summed E-state index contributed by atoms with van der Waals surface area (Å²) in [5, 5.41) is 11.5. The van der Waals surface area contributed by atoms with Crippen LogP contribution in [0.3, 0.4) is 0 Å². The number of hydrogen-bond acceptors (Lipinski definition) is 9. The molecule has 2 fully saturated rings. The number of fused-ring (bicyclic) bond motifs is 1. The number of likely N-dealkylation sites (tertiary alicyclic amines) is 1. The van der Waals surface area contributed by atoms with Crippen LogP contribution in [-0.2, 0) is 14.3 Å². The van der Waals surface area contributed by atoms with E-state index in [0.29, 0.717) is 66.7 Å². The first-order chi connectivity index (χ1) is 24.4. The Bertz CT molecular complexity index is 2120. The van der Waals surface area contributed by atoms with E-state index in [9.17, 15) is 9.59 Å². The molecule has 2 aliphatic heterocycles. The Morgan fingerprint density at radius 2 is 1.92 bits per heavy atom. The van der Waals surface area contributed by atoms with Gasteiger partial charge in [-0.05, 0) is 67.7 Å². The van der Waals surface area contributed by atoms with E-state index in [2.05, 4.69) is 30.5 Å². The van der Waals surface area contributed by atoms with Gasteiger partial charge in [-0.15, -0.1) is 0 Å². The standard InChI is InChI=1S/C37H36FN9O3/c1-50-37(36(49)42-26-6-8-30-28(20-26)33(45-44-30)31-9-15-41-35(43-31)24-3-4-24)12-18-46(22-37)21-32(48)47-16-10-23(11-17-47)27-7-5-25(19-29(27)38)34-39-13-2-14-40-34/h2,5-10,13-15,19-20,24H,3-4,11-12,16-18,21-22H2,1H3,(H,42,49)(H,44,45)/t37-/m0/s1. The first-order valence-corrected chi connectivity index (χ1v) is 16.8. The molecule has 0 radical (unpaired) electrons. The number of rotatable bonds is 9. The molecule has 0 spiro atoms. The number of anilines is 1. The van der Waals surface area contributed by atoms with Gasteiger partial charge in [-0.1, -0.05) is 18.2 Å². The molecule has 8 rings (SSSR count). The quantitative estimate of drug-likeness (QED) is 0.225. The van der Waals surface area contributed by atoms with Crippen LogP contribution in [0.1, 0.15) is 43.0 Å². The monoisotopic (exact) mass is 673 g/mol. The number of methoxy groups -OCH3 is 1. The third-order valence-corrected chi connectivity index (χ3v) is 9.86. The molecule has 3 aliphatic rings. The smallest absolute Gasteiger partial charge is 0.258 e. The predicted molar refractivity (Wildman–Crippen MR) is 185 cm³/mol. The van der Waals surface area contributed by atoms with E-state index in [1.165, 1.54) is 13.2 Å². The van der Waals surface area contributed by atoms with Gasteiger partial charge in [0.05, 0.1) is 17.8 Å². The average molecular weight is 674 g/mol. The van der Waals surface area contributed by atoms with Crippen molar-refractivity contribution < 1.29 is 18.7 Å². The van der Waals surface area contributed by atoms with E-state index in [0.717, 1.165) is 40.8 Å². The van der Waals surface area contributed by atoms with Crippen LogP contribution in [0.25, 0.3) is 39.3 Å². The number of benzene rings is 2. The minimum absolute atomic E-state index is 0.0443. The molecule has 1 atom stereocenters. The maximum atomic E-state index is 15.1. The zero-order chi connectivity index (χ0) is 34.2. The SMILES string of the molecule is CO[C@@]1(C(=O)Nc2ccc3[nH]nc(-c4ccnc(C5CC5)n4)c3c2)CCN(CC(=O)N2CC=C(c3ccc(-c4ncccn4)cc3F)CC2)C1. The third kappa shape index (κ3) is 6.25. The van der Waals surface area contributed by atoms with Gasteiger partial charge in [0.1, 0.15) is 17.3 Å². The third-order valence-electron chi connectivity index (χ3n) is 9.86. The molecule has 13 heteroatoms. The van der Waals surface area contributed by atoms with Crippen LogP contribution in [0.15, 0.2) is 73.2 Å². The molecule has 1 saturated carbocycles. The second kappa shape index (κ2) is 13.1. The molecular weight excluding hydrogens is 637 g/mol. The summed E-state index contributed by atoms with van der Waals surface area (Å²) in [4.78, 5) is 48.3. The van der Waals surface area contributed by atoms with E-state index < -0.39 is 5.60 Å². The number of aromatic amines is 1. The Labute approximate surface area is 287 Å². The Morgan fingerprint density at radius 3 is 2.68 bits per heavy atom. The molecule has 2 aromatic carbocycles. The molecule has 0 bridgehead atoms. The summed E-state index contributed by atoms with van der Waals surface area (Å²) in [6, 6.07) is 14.2. The van der Waals surface area contributed by atoms with E-state index in [4.69, 9.17) is 9.72 Å². The van der Waals surface area contributed by atoms with Gasteiger partial charge >= 0.3 is 0 Å². The van der Waals surface area contributed by atoms with Crippen molar-refractivity contribution in [1.29, 1.82) is 0 Å². The topological polar surface area (TPSA) is 142 Å². The fraction of sp³-hybridized carbons (Fsp3) is 0.324. The normalized spacial score (nSPS) is 19.5. The molecule has 1 aliphatic carbocycles. The lowest BCUT2D eigenvalue weighted by Crippen LogP contribution is -2.48. The number of ether oxygens (including phenoxy) is 1. The van der Waals surface area contributed by atoms with Crippen molar-refractivity contribution in [2.45, 2.75) is 37.2 Å². The first-order valence-electron chi connectivity index (χ1n) is 16.8. The average Bonchev–Trinajstić information content (AvgIpc) is 3.79. The first kappa shape index (κ1) is 31.8. The van der Waals surface area contributed by atoms with E-state index in [1.807, 2.05) is 41.3 Å². The molecule has 5 heterocycles. The minimum Gasteiger partial charge on any atom is -0.367 e. The largest absolute Gasteiger partial charge is 0.367 e. The summed E-state index contributed by atoms with van der Waals surface area (Å²) < 4.78 is 20.9. The molecule has 254 valence electrons. The van der Waals surface area contributed by atoms with Crippen LogP contribution in [0.5, 0.6) is 0 Å². The number of hydrogen-bond donors (Lipinski definition) is 2. The highest BCUT2D eigenvalue weighted by atomic mass is 19.1. The summed E-state index contributed by atoms with van der Waals surface area (Å²) in [5.41, 5.74) is 3.77. The highest BCUT2D eigenvalue weighted by molar-refractivity contribution is 6.01. The lowest BCUT2D eigenvalue weighted by Gasteiger charge is -2.30. The van der Waals surface area contributed by atoms with Crippen molar-refractivity contribution in [2.75, 3.05) is 45.2 Å². The molecule has 12 nitrogen and oxygen atoms in total. The maximum absolute atomic E-state index is 15.1. The van der Waals surface area contributed by atoms with E-state index >= 15 is 4.39 Å². The van der Waals surface area contributed by atoms with Gasteiger partial charge in [-0.3, -0.25) is 19.6 Å². The van der Waals surface area contributed by atoms with Crippen LogP contribution < -0.4 is 5.32 Å². The number of amides is 2. The van der Waals surface area contributed by atoms with E-state index in [-0.39, 0.29) is 30.7 Å². The second-order valence-electron chi connectivity index (χ2n) is 13.1. The number of carbonyl (C=O) groups excluding carboxylic acids is 2. The lowest BCUT2D eigenvalue weighted by atomic mass is 9.97. The van der Waals surface area contributed by atoms with Gasteiger partial charge < -0.3 is 15.0 Å². The fourth-order valence-electron chi connectivity index (χ4n) is 6.81. The molecule has 5 aromatic rings. The number of halogens is 1. The zero-order valence-electron chi connectivity index (χ0n) is 27.6. The van der Waals surface area contributed by atoms with Crippen molar-refractivity contribution in [2.24, 2.45) is 0 Å². The highest BCUT2D eigenvalue weighted by Gasteiger charge is 2.45. The van der Waals surface area contributed by atoms with Crippen molar-refractivity contribution in [3.8, 4) is 22.8 Å². The number of nitrogens with one attached hydrogen (secondary N) is 2. The number of carbonyl (C=O) groups is 2. The second-order valence-corrected chi connectivity index (χ2v) is 13.1. The molecule has 2 amide bonds. The highest BCUT2D eigenvalue weighted by Crippen LogP contribution is 2.39. The number of aromatic nitrogens is 6. The van der Waals surface area contributed by atoms with Crippen LogP contribution in [0, 0.1) is 5.82 Å². The Hall–Kier alpha value is -5.40. The summed E-state index contributed by atoms with van der Waals surface area (Å²) in [7, 11) is 1.53. The van der Waals surface area contributed by atoms with Gasteiger partial charge in [0.15, 0.2) is 11.4 Å². The van der Waals surface area contributed by atoms with Crippen molar-refractivity contribution in [1.82, 2.24) is 39.9 Å². The van der Waals surface area contributed by atoms with Crippen molar-refractivity contribution >= 4 is 34.0 Å². The van der Waals surface area contributed by atoms with Gasteiger partial charge in [-0.2, -0.15) is 5.10 Å². The van der Waals surface area contributed by atoms with Crippen LogP contribution >= 0.6 is 0 Å². The van der Waals surface area contributed by atoms with E-state index in [1.54, 1.807) is 35.6 Å². The molecule has 3 aromatic heterocycles. The Morgan fingerprint density at radius 1 is 1.06 bits per heavy atom. The maximum Gasteiger partial charge on any atom is 0.258 e. The van der Waals surface area contributed by atoms with Crippen molar-refractivity contribution in [3.05, 3.63) is 90.4 Å². The fourth-order valence-corrected chi connectivity index (χ4v) is 6.81. The van der Waals surface area contributed by atoms with Crippen molar-refractivity contribution in [3.63, 3.8) is 0 Å². The van der Waals surface area contributed by atoms with Crippen LogP contribution in [0.2, 0.25) is 0 Å². The molecular formula is C37H36FN9O3. The summed E-state index contributed by atoms with van der Waals surface area (Å²) in [6.07, 6.45) is 10.1. The Balaban J connectivity index is 0.894. The molecule has 0 unspecified atom stereocenters. The predicted octanol–water partition coefficient (Wildman–Crippen LogP) is 4.84. The van der Waals surface area contributed by atoms with Gasteiger partial charge in [0.2, 0.25) is 5.91 Å². The van der Waals surface area contributed by atoms with Gasteiger partial charge in [-0.25, -0.2) is 24.3 Å². The minimum atomic E-state index is -1.11. The molecule has 50 heavy (non-hydrogen) atoms. The number of H-pyrrole nitrogens is 1.